The number of nitrogen functional groups attached to an aromatic ring is 1. The highest BCUT2D eigenvalue weighted by atomic mass is 19.1. The average Bonchev–Trinajstić information content (AvgIpc) is 2.83. The van der Waals surface area contributed by atoms with Crippen LogP contribution in [0.2, 0.25) is 0 Å². The molecule has 1 fully saturated rings. The summed E-state index contributed by atoms with van der Waals surface area (Å²) in [6.07, 6.45) is 1.71. The van der Waals surface area contributed by atoms with Gasteiger partial charge in [-0.15, -0.1) is 0 Å². The van der Waals surface area contributed by atoms with Crippen molar-refractivity contribution in [1.29, 1.82) is 0 Å². The Labute approximate surface area is 164 Å². The Bertz CT molecular complexity index is 836. The third kappa shape index (κ3) is 4.47. The van der Waals surface area contributed by atoms with Gasteiger partial charge >= 0.3 is 0 Å². The molecule has 0 spiro atoms. The Morgan fingerprint density at radius 2 is 1.96 bits per heavy atom. The van der Waals surface area contributed by atoms with Crippen LogP contribution in [0.5, 0.6) is 0 Å². The molecule has 0 bridgehead atoms. The molecule has 2 amide bonds. The maximum absolute atomic E-state index is 13.2. The largest absolute Gasteiger partial charge is 0.384 e. The molecule has 7 heteroatoms. The zero-order valence-corrected chi connectivity index (χ0v) is 16.1. The fourth-order valence-corrected chi connectivity index (χ4v) is 3.44. The second-order valence-electron chi connectivity index (χ2n) is 7.43. The smallest absolute Gasteiger partial charge is 0.255 e. The van der Waals surface area contributed by atoms with E-state index in [2.05, 4.69) is 4.98 Å². The van der Waals surface area contributed by atoms with Crippen LogP contribution in [-0.4, -0.2) is 45.7 Å². The maximum Gasteiger partial charge on any atom is 0.255 e. The standard InChI is InChI=1S/C21H25FN4O2/c1-14(2)18-13-25(21(28)16-5-8-19(23)24-11-16)10-9-20(27)26(18)12-15-3-6-17(22)7-4-15/h3-8,11,14,18H,9-10,12-13H2,1-2H3,(H2,23,24)/t18-/m0/s1. The molecule has 1 atom stereocenters. The molecule has 1 aliphatic rings. The van der Waals surface area contributed by atoms with E-state index in [0.29, 0.717) is 31.0 Å². The van der Waals surface area contributed by atoms with Gasteiger partial charge in [0.2, 0.25) is 5.91 Å². The van der Waals surface area contributed by atoms with Gasteiger partial charge < -0.3 is 15.5 Å². The summed E-state index contributed by atoms with van der Waals surface area (Å²) in [5, 5.41) is 0. The highest BCUT2D eigenvalue weighted by molar-refractivity contribution is 5.94. The van der Waals surface area contributed by atoms with Crippen LogP contribution in [0.3, 0.4) is 0 Å². The number of carbonyl (C=O) groups is 2. The van der Waals surface area contributed by atoms with Gasteiger partial charge in [-0.25, -0.2) is 9.37 Å². The van der Waals surface area contributed by atoms with E-state index < -0.39 is 0 Å². The molecule has 6 nitrogen and oxygen atoms in total. The summed E-state index contributed by atoms with van der Waals surface area (Å²) in [4.78, 5) is 33.3. The first-order valence-electron chi connectivity index (χ1n) is 9.40. The number of halogens is 1. The van der Waals surface area contributed by atoms with E-state index >= 15 is 0 Å². The number of hydrogen-bond acceptors (Lipinski definition) is 4. The van der Waals surface area contributed by atoms with E-state index in [-0.39, 0.29) is 36.0 Å². The highest BCUT2D eigenvalue weighted by Gasteiger charge is 2.33. The minimum absolute atomic E-state index is 0.00578. The Morgan fingerprint density at radius 1 is 1.25 bits per heavy atom. The van der Waals surface area contributed by atoms with Gasteiger partial charge in [-0.05, 0) is 35.7 Å². The summed E-state index contributed by atoms with van der Waals surface area (Å²) in [7, 11) is 0. The SMILES string of the molecule is CC(C)[C@@H]1CN(C(=O)c2ccc(N)nc2)CCC(=O)N1Cc1ccc(F)cc1. The first-order chi connectivity index (χ1) is 13.3. The maximum atomic E-state index is 13.2. The van der Waals surface area contributed by atoms with Gasteiger partial charge in [-0.3, -0.25) is 9.59 Å². The number of benzene rings is 1. The second kappa shape index (κ2) is 8.37. The molecule has 148 valence electrons. The van der Waals surface area contributed by atoms with Crippen LogP contribution in [0, 0.1) is 11.7 Å². The summed E-state index contributed by atoms with van der Waals surface area (Å²) in [5.74, 6) is 0.0408. The van der Waals surface area contributed by atoms with Crippen molar-refractivity contribution in [1.82, 2.24) is 14.8 Å². The highest BCUT2D eigenvalue weighted by Crippen LogP contribution is 2.22. The van der Waals surface area contributed by atoms with Crippen molar-refractivity contribution < 1.29 is 14.0 Å². The van der Waals surface area contributed by atoms with Crippen LogP contribution < -0.4 is 5.73 Å². The molecule has 0 unspecified atom stereocenters. The minimum Gasteiger partial charge on any atom is -0.384 e. The fourth-order valence-electron chi connectivity index (χ4n) is 3.44. The molecule has 2 aromatic rings. The molecule has 28 heavy (non-hydrogen) atoms. The van der Waals surface area contributed by atoms with E-state index in [1.165, 1.54) is 18.3 Å². The molecule has 1 aromatic carbocycles. The van der Waals surface area contributed by atoms with E-state index in [4.69, 9.17) is 5.73 Å². The van der Waals surface area contributed by atoms with Gasteiger partial charge in [0.05, 0.1) is 11.6 Å². The number of nitrogens with zero attached hydrogens (tertiary/aromatic N) is 3. The van der Waals surface area contributed by atoms with Crippen LogP contribution in [0.25, 0.3) is 0 Å². The van der Waals surface area contributed by atoms with Gasteiger partial charge in [-0.2, -0.15) is 0 Å². The molecular weight excluding hydrogens is 359 g/mol. The second-order valence-corrected chi connectivity index (χ2v) is 7.43. The van der Waals surface area contributed by atoms with Gasteiger partial charge in [0, 0.05) is 32.3 Å². The normalized spacial score (nSPS) is 17.7. The lowest BCUT2D eigenvalue weighted by molar-refractivity contribution is -0.134. The lowest BCUT2D eigenvalue weighted by Gasteiger charge is -2.34. The zero-order valence-electron chi connectivity index (χ0n) is 16.1. The van der Waals surface area contributed by atoms with Crippen LogP contribution in [-0.2, 0) is 11.3 Å². The van der Waals surface area contributed by atoms with E-state index in [0.717, 1.165) is 5.56 Å². The predicted molar refractivity (Wildman–Crippen MR) is 105 cm³/mol. The monoisotopic (exact) mass is 384 g/mol. The van der Waals surface area contributed by atoms with Gasteiger partial charge in [-0.1, -0.05) is 26.0 Å². The number of hydrogen-bond donors (Lipinski definition) is 1. The number of carbonyl (C=O) groups excluding carboxylic acids is 2. The van der Waals surface area contributed by atoms with Crippen molar-refractivity contribution in [2.24, 2.45) is 5.92 Å². The topological polar surface area (TPSA) is 79.5 Å². The van der Waals surface area contributed by atoms with Gasteiger partial charge in [0.25, 0.3) is 5.91 Å². The van der Waals surface area contributed by atoms with Crippen molar-refractivity contribution in [3.8, 4) is 0 Å². The van der Waals surface area contributed by atoms with E-state index in [1.807, 2.05) is 18.7 Å². The first kappa shape index (κ1) is 19.8. The lowest BCUT2D eigenvalue weighted by atomic mass is 10.0. The van der Waals surface area contributed by atoms with Crippen molar-refractivity contribution >= 4 is 17.6 Å². The van der Waals surface area contributed by atoms with E-state index in [1.54, 1.807) is 29.2 Å². The third-order valence-electron chi connectivity index (χ3n) is 5.08. The number of nitrogens with two attached hydrogens (primary N) is 1. The number of aromatic nitrogens is 1. The minimum atomic E-state index is -0.305. The summed E-state index contributed by atoms with van der Waals surface area (Å²) < 4.78 is 13.2. The van der Waals surface area contributed by atoms with Crippen molar-refractivity contribution in [2.75, 3.05) is 18.8 Å². The first-order valence-corrected chi connectivity index (χ1v) is 9.40. The van der Waals surface area contributed by atoms with Gasteiger partial charge in [0.1, 0.15) is 11.6 Å². The average molecular weight is 384 g/mol. The zero-order chi connectivity index (χ0) is 20.3. The predicted octanol–water partition coefficient (Wildman–Crippen LogP) is 2.70. The molecule has 0 radical (unpaired) electrons. The quantitative estimate of drug-likeness (QED) is 0.879. The molecular formula is C21H25FN4O2. The van der Waals surface area contributed by atoms with Gasteiger partial charge in [0.15, 0.2) is 0 Å². The van der Waals surface area contributed by atoms with Crippen molar-refractivity contribution in [2.45, 2.75) is 32.9 Å². The summed E-state index contributed by atoms with van der Waals surface area (Å²) in [6.45, 7) is 5.26. The van der Waals surface area contributed by atoms with Crippen LogP contribution >= 0.6 is 0 Å². The summed E-state index contributed by atoms with van der Waals surface area (Å²) in [6, 6.07) is 9.28. The van der Waals surface area contributed by atoms with Crippen molar-refractivity contribution in [3.63, 3.8) is 0 Å². The Morgan fingerprint density at radius 3 is 2.57 bits per heavy atom. The molecule has 1 aromatic heterocycles. The molecule has 2 heterocycles. The molecule has 1 saturated heterocycles. The molecule has 1 aliphatic heterocycles. The summed E-state index contributed by atoms with van der Waals surface area (Å²) >= 11 is 0. The van der Waals surface area contributed by atoms with Crippen LogP contribution in [0.1, 0.15) is 36.2 Å². The Balaban J connectivity index is 1.82. The van der Waals surface area contributed by atoms with Crippen LogP contribution in [0.4, 0.5) is 10.2 Å². The number of amides is 2. The molecule has 0 saturated carbocycles. The number of pyridine rings is 1. The lowest BCUT2D eigenvalue weighted by Crippen LogP contribution is -2.47. The third-order valence-corrected chi connectivity index (χ3v) is 5.08. The molecule has 2 N–H and O–H groups in total. The van der Waals surface area contributed by atoms with Crippen molar-refractivity contribution in [3.05, 3.63) is 59.5 Å². The Kier molecular flexibility index (Phi) is 5.92. The molecule has 3 rings (SSSR count). The molecule has 0 aliphatic carbocycles. The summed E-state index contributed by atoms with van der Waals surface area (Å²) in [5.41, 5.74) is 6.92. The number of rotatable bonds is 4. The fraction of sp³-hybridized carbons (Fsp3) is 0.381. The van der Waals surface area contributed by atoms with Crippen LogP contribution in [0.15, 0.2) is 42.6 Å². The number of anilines is 1. The van der Waals surface area contributed by atoms with E-state index in [9.17, 15) is 14.0 Å². The Hall–Kier alpha value is -2.96.